The third-order valence-corrected chi connectivity index (χ3v) is 7.05. The minimum atomic E-state index is 0.0457. The minimum absolute atomic E-state index is 0.0457. The highest BCUT2D eigenvalue weighted by atomic mass is 32.2. The third-order valence-electron chi connectivity index (χ3n) is 6.10. The average Bonchev–Trinajstić information content (AvgIpc) is 3.53. The number of carbonyl (C=O) groups is 1. The smallest absolute Gasteiger partial charge is 0.233 e. The monoisotopic (exact) mass is 495 g/mol. The van der Waals surface area contributed by atoms with Gasteiger partial charge in [0.25, 0.3) is 0 Å². The Hall–Kier alpha value is -3.04. The second-order valence-corrected chi connectivity index (χ2v) is 9.82. The number of carbonyl (C=O) groups excluding carboxylic acids is 1. The van der Waals surface area contributed by atoms with Crippen LogP contribution < -0.4 is 9.64 Å². The summed E-state index contributed by atoms with van der Waals surface area (Å²) < 4.78 is 13.2. The number of amides is 1. The molecule has 1 amide bonds. The molecule has 8 nitrogen and oxygen atoms in total. The van der Waals surface area contributed by atoms with Gasteiger partial charge in [0.05, 0.1) is 25.5 Å². The van der Waals surface area contributed by atoms with E-state index in [1.165, 1.54) is 11.8 Å². The Bertz CT molecular complexity index is 1110. The maximum Gasteiger partial charge on any atom is 0.233 e. The van der Waals surface area contributed by atoms with Gasteiger partial charge < -0.3 is 19.3 Å². The van der Waals surface area contributed by atoms with E-state index in [9.17, 15) is 4.79 Å². The molecule has 9 heteroatoms. The van der Waals surface area contributed by atoms with Crippen molar-refractivity contribution in [1.82, 2.24) is 19.7 Å². The zero-order valence-corrected chi connectivity index (χ0v) is 21.6. The molecule has 3 aromatic rings. The Kier molecular flexibility index (Phi) is 8.30. The number of anilines is 1. The zero-order valence-electron chi connectivity index (χ0n) is 20.8. The van der Waals surface area contributed by atoms with Crippen molar-refractivity contribution in [2.75, 3.05) is 45.5 Å². The van der Waals surface area contributed by atoms with E-state index in [2.05, 4.69) is 43.9 Å². The Morgan fingerprint density at radius 3 is 2.49 bits per heavy atom. The lowest BCUT2D eigenvalue weighted by Gasteiger charge is -2.19. The molecule has 1 fully saturated rings. The summed E-state index contributed by atoms with van der Waals surface area (Å²) in [5, 5.41) is 9.62. The molecule has 0 radical (unpaired) electrons. The van der Waals surface area contributed by atoms with Gasteiger partial charge in [-0.05, 0) is 54.8 Å². The van der Waals surface area contributed by atoms with Crippen LogP contribution in [0.1, 0.15) is 18.4 Å². The Morgan fingerprint density at radius 2 is 1.86 bits per heavy atom. The summed E-state index contributed by atoms with van der Waals surface area (Å²) in [6.45, 7) is 2.01. The summed E-state index contributed by atoms with van der Waals surface area (Å²) in [6, 6.07) is 16.0. The number of methoxy groups -OCH3 is 1. The summed E-state index contributed by atoms with van der Waals surface area (Å²) in [7, 11) is 7.51. The van der Waals surface area contributed by atoms with Crippen molar-refractivity contribution < 1.29 is 14.3 Å². The molecule has 1 saturated heterocycles. The lowest BCUT2D eigenvalue weighted by molar-refractivity contribution is -0.127. The maximum absolute atomic E-state index is 12.9. The first-order valence-electron chi connectivity index (χ1n) is 11.8. The molecule has 1 aliphatic heterocycles. The van der Waals surface area contributed by atoms with E-state index in [1.807, 2.05) is 45.4 Å². The molecule has 0 aliphatic carbocycles. The third kappa shape index (κ3) is 6.35. The van der Waals surface area contributed by atoms with E-state index >= 15 is 0 Å². The molecule has 35 heavy (non-hydrogen) atoms. The van der Waals surface area contributed by atoms with E-state index in [-0.39, 0.29) is 12.0 Å². The summed E-state index contributed by atoms with van der Waals surface area (Å²) in [6.07, 6.45) is 2.20. The summed E-state index contributed by atoms with van der Waals surface area (Å²) in [4.78, 5) is 16.7. The molecule has 1 unspecified atom stereocenters. The first kappa shape index (κ1) is 25.1. The van der Waals surface area contributed by atoms with Crippen LogP contribution in [-0.4, -0.2) is 72.3 Å². The van der Waals surface area contributed by atoms with E-state index in [1.54, 1.807) is 12.0 Å². The number of ether oxygens (including phenoxy) is 2. The second-order valence-electron chi connectivity index (χ2n) is 8.88. The van der Waals surface area contributed by atoms with Gasteiger partial charge in [-0.25, -0.2) is 0 Å². The van der Waals surface area contributed by atoms with Crippen LogP contribution >= 0.6 is 11.8 Å². The van der Waals surface area contributed by atoms with Gasteiger partial charge in [-0.15, -0.1) is 10.2 Å². The van der Waals surface area contributed by atoms with Gasteiger partial charge in [-0.3, -0.25) is 9.36 Å². The lowest BCUT2D eigenvalue weighted by Crippen LogP contribution is -2.28. The fourth-order valence-electron chi connectivity index (χ4n) is 4.00. The quantitative estimate of drug-likeness (QED) is 0.394. The van der Waals surface area contributed by atoms with E-state index in [4.69, 9.17) is 9.47 Å². The van der Waals surface area contributed by atoms with Crippen LogP contribution in [0.5, 0.6) is 5.75 Å². The summed E-state index contributed by atoms with van der Waals surface area (Å²) >= 11 is 1.42. The predicted molar refractivity (Wildman–Crippen MR) is 139 cm³/mol. The summed E-state index contributed by atoms with van der Waals surface area (Å²) in [5.74, 6) is 1.90. The molecular weight excluding hydrogens is 462 g/mol. The van der Waals surface area contributed by atoms with Crippen LogP contribution in [0.15, 0.2) is 53.7 Å². The Balaban J connectivity index is 1.44. The molecule has 1 aliphatic rings. The number of rotatable bonds is 10. The number of benzene rings is 2. The maximum atomic E-state index is 12.9. The highest BCUT2D eigenvalue weighted by molar-refractivity contribution is 7.99. The van der Waals surface area contributed by atoms with Crippen molar-refractivity contribution in [2.24, 2.45) is 0 Å². The average molecular weight is 496 g/mol. The van der Waals surface area contributed by atoms with Crippen LogP contribution in [0.25, 0.3) is 11.4 Å². The number of aromatic nitrogens is 3. The minimum Gasteiger partial charge on any atom is -0.497 e. The molecule has 0 spiro atoms. The molecule has 186 valence electrons. The van der Waals surface area contributed by atoms with Crippen LogP contribution in [-0.2, 0) is 22.6 Å². The second kappa shape index (κ2) is 11.6. The molecule has 2 aromatic carbocycles. The van der Waals surface area contributed by atoms with E-state index < -0.39 is 0 Å². The number of nitrogens with zero attached hydrogens (tertiary/aromatic N) is 5. The van der Waals surface area contributed by atoms with Gasteiger partial charge in [-0.1, -0.05) is 23.9 Å². The number of thioether (sulfide) groups is 1. The van der Waals surface area contributed by atoms with Crippen molar-refractivity contribution in [3.63, 3.8) is 0 Å². The van der Waals surface area contributed by atoms with Crippen molar-refractivity contribution in [3.05, 3.63) is 54.1 Å². The molecule has 4 rings (SSSR count). The number of hydrogen-bond acceptors (Lipinski definition) is 7. The Labute approximate surface area is 211 Å². The highest BCUT2D eigenvalue weighted by Crippen LogP contribution is 2.28. The Morgan fingerprint density at radius 1 is 1.11 bits per heavy atom. The fraction of sp³-hybridized carbons (Fsp3) is 0.423. The summed E-state index contributed by atoms with van der Waals surface area (Å²) in [5.41, 5.74) is 3.18. The van der Waals surface area contributed by atoms with Crippen molar-refractivity contribution in [1.29, 1.82) is 0 Å². The van der Waals surface area contributed by atoms with Gasteiger partial charge in [0, 0.05) is 45.5 Å². The molecular formula is C26H33N5O3S. The fourth-order valence-corrected chi connectivity index (χ4v) is 4.89. The van der Waals surface area contributed by atoms with Crippen LogP contribution in [0.3, 0.4) is 0 Å². The van der Waals surface area contributed by atoms with Gasteiger partial charge in [0.2, 0.25) is 5.91 Å². The van der Waals surface area contributed by atoms with Crippen molar-refractivity contribution >= 4 is 23.4 Å². The standard InChI is InChI=1S/C26H33N5O3S/c1-29(2)21-11-7-19(8-12-21)16-30(3)24(32)18-35-26-28-27-25(20-9-13-22(33-4)14-10-20)31(26)17-23-6-5-15-34-23/h7-14,23H,5-6,15-18H2,1-4H3. The van der Waals surface area contributed by atoms with Gasteiger partial charge in [-0.2, -0.15) is 0 Å². The lowest BCUT2D eigenvalue weighted by atomic mass is 10.2. The topological polar surface area (TPSA) is 72.7 Å². The first-order chi connectivity index (χ1) is 16.9. The molecule has 2 heterocycles. The molecule has 0 N–H and O–H groups in total. The van der Waals surface area contributed by atoms with Crippen LogP contribution in [0, 0.1) is 0 Å². The van der Waals surface area contributed by atoms with Gasteiger partial charge >= 0.3 is 0 Å². The zero-order chi connectivity index (χ0) is 24.8. The van der Waals surface area contributed by atoms with Crippen LogP contribution in [0.2, 0.25) is 0 Å². The van der Waals surface area contributed by atoms with E-state index in [0.717, 1.165) is 53.0 Å². The number of hydrogen-bond donors (Lipinski definition) is 0. The van der Waals surface area contributed by atoms with Crippen molar-refractivity contribution in [3.8, 4) is 17.1 Å². The van der Waals surface area contributed by atoms with E-state index in [0.29, 0.717) is 18.8 Å². The van der Waals surface area contributed by atoms with Crippen molar-refractivity contribution in [2.45, 2.75) is 37.2 Å². The molecule has 0 bridgehead atoms. The largest absolute Gasteiger partial charge is 0.497 e. The van der Waals surface area contributed by atoms with Gasteiger partial charge in [0.1, 0.15) is 5.75 Å². The van der Waals surface area contributed by atoms with Gasteiger partial charge in [0.15, 0.2) is 11.0 Å². The first-order valence-corrected chi connectivity index (χ1v) is 12.8. The van der Waals surface area contributed by atoms with Crippen LogP contribution in [0.4, 0.5) is 5.69 Å². The normalized spacial score (nSPS) is 15.3. The highest BCUT2D eigenvalue weighted by Gasteiger charge is 2.23. The SMILES string of the molecule is COc1ccc(-c2nnc(SCC(=O)N(C)Cc3ccc(N(C)C)cc3)n2CC2CCCO2)cc1. The predicted octanol–water partition coefficient (Wildman–Crippen LogP) is 3.95. The molecule has 0 saturated carbocycles. The molecule has 1 aromatic heterocycles. The molecule has 1 atom stereocenters.